The molecule has 4 nitrogen and oxygen atoms in total. The zero-order valence-electron chi connectivity index (χ0n) is 9.11. The van der Waals surface area contributed by atoms with Gasteiger partial charge in [-0.15, -0.1) is 0 Å². The summed E-state index contributed by atoms with van der Waals surface area (Å²) in [5.74, 6) is -1.03. The third-order valence-corrected chi connectivity index (χ3v) is 4.05. The van der Waals surface area contributed by atoms with Crippen molar-refractivity contribution in [3.05, 3.63) is 29.3 Å². The van der Waals surface area contributed by atoms with Gasteiger partial charge < -0.3 is 15.1 Å². The number of hydrogen-bond donors (Lipinski definition) is 3. The Kier molecular flexibility index (Phi) is 3.17. The highest BCUT2D eigenvalue weighted by molar-refractivity contribution is 7.52. The van der Waals surface area contributed by atoms with Crippen molar-refractivity contribution < 1.29 is 27.5 Å². The zero-order valence-corrected chi connectivity index (χ0v) is 10.0. The van der Waals surface area contributed by atoms with Crippen molar-refractivity contribution in [1.82, 2.24) is 0 Å². The van der Waals surface area contributed by atoms with Crippen LogP contribution < -0.4 is 5.32 Å². The number of anilines is 1. The van der Waals surface area contributed by atoms with Gasteiger partial charge in [0.05, 0.1) is 5.56 Å². The summed E-state index contributed by atoms with van der Waals surface area (Å²) in [6.45, 7) is 0. The summed E-state index contributed by atoms with van der Waals surface area (Å²) < 4.78 is 48.5. The van der Waals surface area contributed by atoms with Crippen molar-refractivity contribution in [2.24, 2.45) is 0 Å². The van der Waals surface area contributed by atoms with Gasteiger partial charge >= 0.3 is 13.8 Å². The molecule has 0 saturated heterocycles. The van der Waals surface area contributed by atoms with Gasteiger partial charge in [-0.3, -0.25) is 4.57 Å². The quantitative estimate of drug-likeness (QED) is 0.692. The van der Waals surface area contributed by atoms with Crippen LogP contribution in [0, 0.1) is 0 Å². The van der Waals surface area contributed by atoms with Crippen LogP contribution in [0.2, 0.25) is 0 Å². The normalized spacial score (nSPS) is 20.2. The summed E-state index contributed by atoms with van der Waals surface area (Å²) >= 11 is 0. The van der Waals surface area contributed by atoms with E-state index in [1.807, 2.05) is 0 Å². The van der Waals surface area contributed by atoms with Gasteiger partial charge in [-0.25, -0.2) is 0 Å². The van der Waals surface area contributed by atoms with E-state index >= 15 is 0 Å². The second-order valence-corrected chi connectivity index (χ2v) is 5.96. The molecule has 1 aliphatic heterocycles. The van der Waals surface area contributed by atoms with E-state index in [1.165, 1.54) is 6.07 Å². The van der Waals surface area contributed by atoms with E-state index in [2.05, 4.69) is 5.32 Å². The first-order chi connectivity index (χ1) is 8.18. The van der Waals surface area contributed by atoms with E-state index in [4.69, 9.17) is 9.79 Å². The molecule has 0 bridgehead atoms. The number of alkyl halides is 3. The monoisotopic (exact) mass is 281 g/mol. The molecule has 18 heavy (non-hydrogen) atoms. The summed E-state index contributed by atoms with van der Waals surface area (Å²) in [6.07, 6.45) is -4.09. The lowest BCUT2D eigenvalue weighted by molar-refractivity contribution is -0.137. The molecule has 1 atom stereocenters. The van der Waals surface area contributed by atoms with E-state index in [1.54, 1.807) is 0 Å². The van der Waals surface area contributed by atoms with Crippen molar-refractivity contribution in [2.45, 2.75) is 24.8 Å². The number of benzene rings is 1. The molecular weight excluding hydrogens is 270 g/mol. The van der Waals surface area contributed by atoms with E-state index in [0.717, 1.165) is 12.1 Å². The second kappa shape index (κ2) is 4.26. The summed E-state index contributed by atoms with van der Waals surface area (Å²) in [4.78, 5) is 18.0. The highest BCUT2D eigenvalue weighted by Crippen LogP contribution is 2.46. The fourth-order valence-electron chi connectivity index (χ4n) is 1.91. The van der Waals surface area contributed by atoms with Crippen LogP contribution in [0.4, 0.5) is 18.9 Å². The zero-order chi connectivity index (χ0) is 13.6. The topological polar surface area (TPSA) is 69.6 Å². The maximum Gasteiger partial charge on any atom is 0.416 e. The SMILES string of the molecule is O=P(O)(O)C1CCc2cc(C(F)(F)F)ccc2N1. The maximum atomic E-state index is 12.5. The summed E-state index contributed by atoms with van der Waals surface area (Å²) in [5, 5.41) is 2.59. The Balaban J connectivity index is 2.29. The van der Waals surface area contributed by atoms with Crippen LogP contribution in [0.3, 0.4) is 0 Å². The molecule has 0 amide bonds. The van der Waals surface area contributed by atoms with Crippen molar-refractivity contribution in [3.63, 3.8) is 0 Å². The lowest BCUT2D eigenvalue weighted by Gasteiger charge is -2.28. The van der Waals surface area contributed by atoms with Gasteiger partial charge in [0.2, 0.25) is 0 Å². The summed E-state index contributed by atoms with van der Waals surface area (Å²) in [6, 6.07) is 3.12. The van der Waals surface area contributed by atoms with Gasteiger partial charge in [-0.1, -0.05) is 0 Å². The minimum absolute atomic E-state index is 0.110. The van der Waals surface area contributed by atoms with Crippen LogP contribution in [0.1, 0.15) is 17.5 Å². The van der Waals surface area contributed by atoms with Gasteiger partial charge in [-0.05, 0) is 36.6 Å². The Labute approximate surface area is 101 Å². The highest BCUT2D eigenvalue weighted by Gasteiger charge is 2.34. The maximum absolute atomic E-state index is 12.5. The van der Waals surface area contributed by atoms with Crippen LogP contribution >= 0.6 is 7.60 Å². The average molecular weight is 281 g/mol. The molecule has 0 spiro atoms. The van der Waals surface area contributed by atoms with Gasteiger partial charge in [0.1, 0.15) is 5.78 Å². The predicted molar refractivity (Wildman–Crippen MR) is 59.2 cm³/mol. The Bertz CT molecular complexity index is 512. The third kappa shape index (κ3) is 2.68. The van der Waals surface area contributed by atoms with Crippen molar-refractivity contribution in [2.75, 3.05) is 5.32 Å². The Morgan fingerprint density at radius 2 is 2.00 bits per heavy atom. The minimum Gasteiger partial charge on any atom is -0.371 e. The molecule has 0 aliphatic carbocycles. The number of fused-ring (bicyclic) bond motifs is 1. The van der Waals surface area contributed by atoms with Gasteiger partial charge in [0.25, 0.3) is 0 Å². The van der Waals surface area contributed by atoms with Crippen LogP contribution in [0.25, 0.3) is 0 Å². The molecule has 3 N–H and O–H groups in total. The van der Waals surface area contributed by atoms with Crippen molar-refractivity contribution in [1.29, 1.82) is 0 Å². The van der Waals surface area contributed by atoms with Crippen LogP contribution in [0.15, 0.2) is 18.2 Å². The van der Waals surface area contributed by atoms with Crippen LogP contribution in [0.5, 0.6) is 0 Å². The Hall–Kier alpha value is -1.04. The number of hydrogen-bond acceptors (Lipinski definition) is 2. The average Bonchev–Trinajstić information content (AvgIpc) is 2.25. The molecule has 2 rings (SSSR count). The van der Waals surface area contributed by atoms with Crippen LogP contribution in [-0.4, -0.2) is 15.6 Å². The second-order valence-electron chi connectivity index (χ2n) is 4.16. The fourth-order valence-corrected chi connectivity index (χ4v) is 2.69. The summed E-state index contributed by atoms with van der Waals surface area (Å²) in [7, 11) is -4.27. The molecule has 100 valence electrons. The number of aryl methyl sites for hydroxylation is 1. The molecule has 0 aromatic heterocycles. The largest absolute Gasteiger partial charge is 0.416 e. The molecule has 1 unspecified atom stereocenters. The van der Waals surface area contributed by atoms with E-state index in [9.17, 15) is 17.7 Å². The molecule has 1 aromatic carbocycles. The molecular formula is C10H11F3NO3P. The first-order valence-electron chi connectivity index (χ1n) is 5.20. The number of halogens is 3. The fraction of sp³-hybridized carbons (Fsp3) is 0.400. The third-order valence-electron chi connectivity index (χ3n) is 2.85. The van der Waals surface area contributed by atoms with Crippen molar-refractivity contribution >= 4 is 13.3 Å². The highest BCUT2D eigenvalue weighted by atomic mass is 31.2. The smallest absolute Gasteiger partial charge is 0.371 e. The molecule has 0 saturated carbocycles. The Morgan fingerprint density at radius 1 is 1.33 bits per heavy atom. The van der Waals surface area contributed by atoms with Crippen molar-refractivity contribution in [3.8, 4) is 0 Å². The van der Waals surface area contributed by atoms with Gasteiger partial charge in [0, 0.05) is 5.69 Å². The lowest BCUT2D eigenvalue weighted by Crippen LogP contribution is -2.25. The molecule has 0 radical (unpaired) electrons. The first kappa shape index (κ1) is 13.4. The number of nitrogens with one attached hydrogen (secondary N) is 1. The van der Waals surface area contributed by atoms with Gasteiger partial charge in [-0.2, -0.15) is 13.2 Å². The first-order valence-corrected chi connectivity index (χ1v) is 6.88. The molecule has 8 heteroatoms. The molecule has 0 fully saturated rings. The number of rotatable bonds is 1. The van der Waals surface area contributed by atoms with E-state index in [0.29, 0.717) is 11.3 Å². The molecule has 1 aliphatic rings. The lowest BCUT2D eigenvalue weighted by atomic mass is 10.0. The van der Waals surface area contributed by atoms with Gasteiger partial charge in [0.15, 0.2) is 0 Å². The molecule has 1 heterocycles. The minimum atomic E-state index is -4.41. The Morgan fingerprint density at radius 3 is 2.56 bits per heavy atom. The standard InChI is InChI=1S/C10H11F3NO3P/c11-10(12,13)7-2-3-8-6(5-7)1-4-9(14-8)18(15,16)17/h2-3,5,9,14H,1,4H2,(H2,15,16,17). The predicted octanol–water partition coefficient (Wildman–Crippen LogP) is 2.57. The molecule has 1 aromatic rings. The summed E-state index contributed by atoms with van der Waals surface area (Å²) in [5.41, 5.74) is 0.0229. The van der Waals surface area contributed by atoms with E-state index < -0.39 is 25.1 Å². The van der Waals surface area contributed by atoms with Crippen LogP contribution in [-0.2, 0) is 17.2 Å². The van der Waals surface area contributed by atoms with E-state index in [-0.39, 0.29) is 12.8 Å².